The predicted octanol–water partition coefficient (Wildman–Crippen LogP) is 3.03. The summed E-state index contributed by atoms with van der Waals surface area (Å²) in [5.74, 6) is 0.247. The Labute approximate surface area is 143 Å². The number of hydrogen-bond acceptors (Lipinski definition) is 7. The van der Waals surface area contributed by atoms with Crippen molar-refractivity contribution in [3.05, 3.63) is 54.2 Å². The van der Waals surface area contributed by atoms with Crippen LogP contribution in [0, 0.1) is 13.8 Å². The normalized spacial score (nSPS) is 11.4. The molecule has 0 atom stereocenters. The van der Waals surface area contributed by atoms with Gasteiger partial charge in [-0.2, -0.15) is 0 Å². The summed E-state index contributed by atoms with van der Waals surface area (Å²) in [5.41, 5.74) is 0.723. The van der Waals surface area contributed by atoms with E-state index in [4.69, 9.17) is 4.52 Å². The van der Waals surface area contributed by atoms with Gasteiger partial charge in [0.2, 0.25) is 0 Å². The van der Waals surface area contributed by atoms with Gasteiger partial charge in [-0.1, -0.05) is 23.0 Å². The number of hydrogen-bond donors (Lipinski definition) is 1. The van der Waals surface area contributed by atoms with E-state index < -0.39 is 10.0 Å². The van der Waals surface area contributed by atoms with Gasteiger partial charge in [0.1, 0.15) is 15.7 Å². The minimum absolute atomic E-state index is 0.0539. The fourth-order valence-corrected chi connectivity index (χ4v) is 4.26. The van der Waals surface area contributed by atoms with Gasteiger partial charge in [0, 0.05) is 12.4 Å². The molecule has 0 radical (unpaired) electrons. The van der Waals surface area contributed by atoms with E-state index in [0.29, 0.717) is 16.4 Å². The Balaban J connectivity index is 1.85. The van der Waals surface area contributed by atoms with Crippen LogP contribution in [0.5, 0.6) is 0 Å². The number of aromatic nitrogens is 3. The molecule has 0 fully saturated rings. The smallest absolute Gasteiger partial charge is 0.267 e. The van der Waals surface area contributed by atoms with Crippen LogP contribution in [0.15, 0.2) is 62.2 Å². The molecule has 9 heteroatoms. The molecule has 3 aromatic rings. The van der Waals surface area contributed by atoms with Crippen LogP contribution in [0.4, 0.5) is 5.69 Å². The summed E-state index contributed by atoms with van der Waals surface area (Å²) in [6.45, 7) is 3.14. The molecule has 3 rings (SSSR count). The number of aryl methyl sites for hydroxylation is 2. The van der Waals surface area contributed by atoms with Crippen molar-refractivity contribution in [1.29, 1.82) is 0 Å². The summed E-state index contributed by atoms with van der Waals surface area (Å²) >= 11 is 1.34. The van der Waals surface area contributed by atoms with E-state index in [-0.39, 0.29) is 10.7 Å². The van der Waals surface area contributed by atoms with Crippen molar-refractivity contribution in [2.45, 2.75) is 28.8 Å². The van der Waals surface area contributed by atoms with Crippen LogP contribution in [0.1, 0.15) is 11.5 Å². The van der Waals surface area contributed by atoms with Gasteiger partial charge in [-0.3, -0.25) is 4.72 Å². The molecule has 0 saturated carbocycles. The van der Waals surface area contributed by atoms with Gasteiger partial charge in [0.15, 0.2) is 10.7 Å². The Morgan fingerprint density at radius 3 is 2.54 bits per heavy atom. The Hall–Kier alpha value is -2.39. The minimum atomic E-state index is -3.78. The molecule has 0 saturated heterocycles. The van der Waals surface area contributed by atoms with Crippen LogP contribution in [0.3, 0.4) is 0 Å². The number of sulfonamides is 1. The highest BCUT2D eigenvalue weighted by Gasteiger charge is 2.24. The predicted molar refractivity (Wildman–Crippen MR) is 89.4 cm³/mol. The molecule has 0 amide bonds. The molecule has 7 nitrogen and oxygen atoms in total. The zero-order chi connectivity index (χ0) is 17.2. The fraction of sp³-hybridized carbons (Fsp3) is 0.133. The molecule has 1 N–H and O–H groups in total. The van der Waals surface area contributed by atoms with Gasteiger partial charge in [0.05, 0.1) is 5.69 Å². The molecule has 0 aromatic carbocycles. The van der Waals surface area contributed by atoms with Crippen molar-refractivity contribution in [1.82, 2.24) is 15.1 Å². The molecule has 3 heterocycles. The van der Waals surface area contributed by atoms with E-state index in [0.717, 1.165) is 5.03 Å². The molecule has 0 spiro atoms. The number of nitrogens with one attached hydrogen (secondary N) is 1. The van der Waals surface area contributed by atoms with E-state index in [1.807, 2.05) is 18.2 Å². The number of rotatable bonds is 5. The zero-order valence-corrected chi connectivity index (χ0v) is 14.6. The maximum absolute atomic E-state index is 12.5. The van der Waals surface area contributed by atoms with E-state index in [1.54, 1.807) is 32.2 Å². The van der Waals surface area contributed by atoms with E-state index in [1.165, 1.54) is 18.0 Å². The van der Waals surface area contributed by atoms with Gasteiger partial charge in [-0.15, -0.1) is 0 Å². The molecule has 0 bridgehead atoms. The summed E-state index contributed by atoms with van der Waals surface area (Å²) < 4.78 is 32.5. The third-order valence-corrected chi connectivity index (χ3v) is 5.58. The Kier molecular flexibility index (Phi) is 4.54. The first-order valence-corrected chi connectivity index (χ1v) is 9.26. The topological polar surface area (TPSA) is 98.0 Å². The zero-order valence-electron chi connectivity index (χ0n) is 12.9. The number of pyridine rings is 2. The maximum atomic E-state index is 12.5. The lowest BCUT2D eigenvalue weighted by molar-refractivity contribution is 0.390. The Morgan fingerprint density at radius 1 is 1.08 bits per heavy atom. The summed E-state index contributed by atoms with van der Waals surface area (Å²) in [5, 5.41) is 5.08. The third kappa shape index (κ3) is 3.57. The first-order valence-electron chi connectivity index (χ1n) is 6.96. The summed E-state index contributed by atoms with van der Waals surface area (Å²) in [4.78, 5) is 8.48. The molecule has 0 aliphatic heterocycles. The van der Waals surface area contributed by atoms with Crippen LogP contribution < -0.4 is 4.72 Å². The molecule has 24 heavy (non-hydrogen) atoms. The van der Waals surface area contributed by atoms with Crippen molar-refractivity contribution >= 4 is 27.5 Å². The molecule has 124 valence electrons. The average Bonchev–Trinajstić information content (AvgIpc) is 2.88. The lowest BCUT2D eigenvalue weighted by Gasteiger charge is -2.08. The highest BCUT2D eigenvalue weighted by atomic mass is 32.2. The SMILES string of the molecule is Cc1noc(C)c1S(=O)(=O)Nc1ccnc(Sc2ccccn2)c1. The lowest BCUT2D eigenvalue weighted by atomic mass is 10.4. The quantitative estimate of drug-likeness (QED) is 0.745. The molecule has 0 aliphatic carbocycles. The fourth-order valence-electron chi connectivity index (χ4n) is 2.11. The average molecular weight is 362 g/mol. The van der Waals surface area contributed by atoms with Crippen molar-refractivity contribution in [3.8, 4) is 0 Å². The monoisotopic (exact) mass is 362 g/mol. The molecule has 0 unspecified atom stereocenters. The molecule has 3 aromatic heterocycles. The van der Waals surface area contributed by atoms with E-state index >= 15 is 0 Å². The van der Waals surface area contributed by atoms with Gasteiger partial charge in [-0.05, 0) is 38.1 Å². The first-order chi connectivity index (χ1) is 11.5. The van der Waals surface area contributed by atoms with Crippen molar-refractivity contribution in [2.75, 3.05) is 4.72 Å². The lowest BCUT2D eigenvalue weighted by Crippen LogP contribution is -2.14. The second kappa shape index (κ2) is 6.62. The maximum Gasteiger partial charge on any atom is 0.267 e. The van der Waals surface area contributed by atoms with Crippen molar-refractivity contribution in [2.24, 2.45) is 0 Å². The largest absolute Gasteiger partial charge is 0.360 e. The third-order valence-electron chi connectivity index (χ3n) is 3.07. The summed E-state index contributed by atoms with van der Waals surface area (Å²) in [7, 11) is -3.78. The van der Waals surface area contributed by atoms with Crippen LogP contribution in [0.25, 0.3) is 0 Å². The van der Waals surface area contributed by atoms with E-state index in [9.17, 15) is 8.42 Å². The van der Waals surface area contributed by atoms with Gasteiger partial charge in [0.25, 0.3) is 10.0 Å². The number of nitrogens with zero attached hydrogens (tertiary/aromatic N) is 3. The summed E-state index contributed by atoms with van der Waals surface area (Å²) in [6, 6.07) is 8.78. The Bertz CT molecular complexity index is 936. The second-order valence-corrected chi connectivity index (χ2v) is 7.57. The first kappa shape index (κ1) is 16.5. The molecular formula is C15H14N4O3S2. The number of anilines is 1. The van der Waals surface area contributed by atoms with E-state index in [2.05, 4.69) is 19.8 Å². The highest BCUT2D eigenvalue weighted by molar-refractivity contribution is 7.99. The van der Waals surface area contributed by atoms with Crippen molar-refractivity contribution in [3.63, 3.8) is 0 Å². The summed E-state index contributed by atoms with van der Waals surface area (Å²) in [6.07, 6.45) is 3.23. The van der Waals surface area contributed by atoms with Crippen LogP contribution in [-0.4, -0.2) is 23.5 Å². The molecule has 0 aliphatic rings. The van der Waals surface area contributed by atoms with Gasteiger partial charge >= 0.3 is 0 Å². The van der Waals surface area contributed by atoms with Crippen LogP contribution >= 0.6 is 11.8 Å². The minimum Gasteiger partial charge on any atom is -0.360 e. The standard InChI is InChI=1S/C15H14N4O3S2/c1-10-15(11(2)22-18-10)24(20,21)19-12-6-8-17-14(9-12)23-13-5-3-4-7-16-13/h3-9H,1-2H3,(H,17,19). The molecular weight excluding hydrogens is 348 g/mol. The van der Waals surface area contributed by atoms with Gasteiger partial charge in [-0.25, -0.2) is 18.4 Å². The Morgan fingerprint density at radius 2 is 1.88 bits per heavy atom. The van der Waals surface area contributed by atoms with Crippen LogP contribution in [-0.2, 0) is 10.0 Å². The van der Waals surface area contributed by atoms with Crippen molar-refractivity contribution < 1.29 is 12.9 Å². The van der Waals surface area contributed by atoms with Crippen LogP contribution in [0.2, 0.25) is 0 Å². The highest BCUT2D eigenvalue weighted by Crippen LogP contribution is 2.27. The van der Waals surface area contributed by atoms with Gasteiger partial charge < -0.3 is 4.52 Å². The second-order valence-electron chi connectivity index (χ2n) is 4.91.